The molecule has 0 fully saturated rings. The second kappa shape index (κ2) is 9.63. The lowest BCUT2D eigenvalue weighted by Crippen LogP contribution is -2.41. The van der Waals surface area contributed by atoms with Crippen LogP contribution in [0.15, 0.2) is 24.4 Å². The molecule has 0 aliphatic carbocycles. The van der Waals surface area contributed by atoms with E-state index in [0.29, 0.717) is 48.4 Å². The molecule has 0 saturated heterocycles. The van der Waals surface area contributed by atoms with Crippen molar-refractivity contribution in [2.75, 3.05) is 26.1 Å². The van der Waals surface area contributed by atoms with Gasteiger partial charge in [-0.3, -0.25) is 4.79 Å². The Morgan fingerprint density at radius 3 is 2.88 bits per heavy atom. The Balaban J connectivity index is 1.67. The van der Waals surface area contributed by atoms with E-state index in [-0.39, 0.29) is 24.6 Å². The summed E-state index contributed by atoms with van der Waals surface area (Å²) in [6.07, 6.45) is 1.44. The largest absolute Gasteiger partial charge is 0.477 e. The summed E-state index contributed by atoms with van der Waals surface area (Å²) in [7, 11) is 1.60. The van der Waals surface area contributed by atoms with Crippen molar-refractivity contribution >= 4 is 22.6 Å². The highest BCUT2D eigenvalue weighted by Crippen LogP contribution is 2.38. The Bertz CT molecular complexity index is 1150. The first-order chi connectivity index (χ1) is 15.9. The van der Waals surface area contributed by atoms with E-state index in [4.69, 9.17) is 19.9 Å². The molecule has 0 aromatic carbocycles. The van der Waals surface area contributed by atoms with Gasteiger partial charge in [0, 0.05) is 24.1 Å². The molecule has 2 atom stereocenters. The van der Waals surface area contributed by atoms with E-state index in [1.54, 1.807) is 36.4 Å². The number of pyridine rings is 2. The third-order valence-corrected chi connectivity index (χ3v) is 5.67. The smallest absolute Gasteiger partial charge is 0.273 e. The maximum atomic E-state index is 13.6. The molecule has 3 aromatic heterocycles. The number of amides is 1. The average Bonchev–Trinajstić information content (AvgIpc) is 3.21. The SMILES string of the molecule is CCOc1ccc(CN(C(=O)c2cc3c4c(c(N)nc3cn2)[C@@H](C)OC4)C(C)COC)nn1. The van der Waals surface area contributed by atoms with Gasteiger partial charge in [-0.05, 0) is 38.5 Å². The van der Waals surface area contributed by atoms with Crippen molar-refractivity contribution in [3.05, 3.63) is 46.9 Å². The Labute approximate surface area is 192 Å². The fourth-order valence-corrected chi connectivity index (χ4v) is 4.02. The highest BCUT2D eigenvalue weighted by atomic mass is 16.5. The minimum absolute atomic E-state index is 0.138. The van der Waals surface area contributed by atoms with E-state index >= 15 is 0 Å². The number of nitrogen functional groups attached to an aromatic ring is 1. The van der Waals surface area contributed by atoms with Gasteiger partial charge in [0.25, 0.3) is 5.91 Å². The van der Waals surface area contributed by atoms with Crippen LogP contribution in [-0.4, -0.2) is 57.3 Å². The standard InChI is InChI=1S/C23H28N6O4/c1-5-32-20-7-6-15(27-28-20)10-29(13(2)11-31-4)23(30)18-8-16-17-12-33-14(3)21(17)22(24)26-19(16)9-25-18/h6-9,13-14H,5,10-12H2,1-4H3,(H2,24,26)/t13?,14-/m1/s1. The lowest BCUT2D eigenvalue weighted by molar-refractivity contribution is 0.0532. The van der Waals surface area contributed by atoms with Gasteiger partial charge in [-0.25, -0.2) is 9.97 Å². The summed E-state index contributed by atoms with van der Waals surface area (Å²) in [6.45, 7) is 7.28. The first-order valence-electron chi connectivity index (χ1n) is 10.9. The predicted molar refractivity (Wildman–Crippen MR) is 122 cm³/mol. The summed E-state index contributed by atoms with van der Waals surface area (Å²) >= 11 is 0. The Morgan fingerprint density at radius 2 is 2.18 bits per heavy atom. The van der Waals surface area contributed by atoms with E-state index < -0.39 is 0 Å². The van der Waals surface area contributed by atoms with Crippen LogP contribution < -0.4 is 10.5 Å². The Kier molecular flexibility index (Phi) is 6.66. The predicted octanol–water partition coefficient (Wildman–Crippen LogP) is 2.67. The van der Waals surface area contributed by atoms with Crippen molar-refractivity contribution in [1.82, 2.24) is 25.1 Å². The molecule has 0 radical (unpaired) electrons. The first-order valence-corrected chi connectivity index (χ1v) is 10.9. The van der Waals surface area contributed by atoms with Gasteiger partial charge in [0.05, 0.1) is 55.9 Å². The van der Waals surface area contributed by atoms with Crippen molar-refractivity contribution in [2.24, 2.45) is 0 Å². The summed E-state index contributed by atoms with van der Waals surface area (Å²) in [4.78, 5) is 24.1. The van der Waals surface area contributed by atoms with Gasteiger partial charge >= 0.3 is 0 Å². The fourth-order valence-electron chi connectivity index (χ4n) is 4.02. The number of hydrogen-bond donors (Lipinski definition) is 1. The quantitative estimate of drug-likeness (QED) is 0.549. The van der Waals surface area contributed by atoms with Gasteiger partial charge in [-0.2, -0.15) is 5.10 Å². The normalized spacial score (nSPS) is 15.9. The fraction of sp³-hybridized carbons (Fsp3) is 0.435. The van der Waals surface area contributed by atoms with E-state index in [2.05, 4.69) is 20.2 Å². The van der Waals surface area contributed by atoms with E-state index in [9.17, 15) is 4.79 Å². The maximum absolute atomic E-state index is 13.6. The van der Waals surface area contributed by atoms with Gasteiger partial charge < -0.3 is 24.8 Å². The number of rotatable bonds is 8. The molecule has 4 rings (SSSR count). The summed E-state index contributed by atoms with van der Waals surface area (Å²) in [5, 5.41) is 9.09. The number of anilines is 1. The van der Waals surface area contributed by atoms with E-state index in [1.807, 2.05) is 20.8 Å². The van der Waals surface area contributed by atoms with Crippen LogP contribution in [0.3, 0.4) is 0 Å². The molecular formula is C23H28N6O4. The zero-order valence-corrected chi connectivity index (χ0v) is 19.2. The maximum Gasteiger partial charge on any atom is 0.273 e. The molecule has 2 N–H and O–H groups in total. The minimum Gasteiger partial charge on any atom is -0.477 e. The number of fused-ring (bicyclic) bond motifs is 3. The third kappa shape index (κ3) is 4.57. The number of carbonyl (C=O) groups excluding carboxylic acids is 1. The van der Waals surface area contributed by atoms with Gasteiger partial charge in [0.15, 0.2) is 0 Å². The summed E-state index contributed by atoms with van der Waals surface area (Å²) in [5.41, 5.74) is 9.53. The minimum atomic E-state index is -0.241. The Morgan fingerprint density at radius 1 is 1.36 bits per heavy atom. The molecule has 174 valence electrons. The number of nitrogens with zero attached hydrogens (tertiary/aromatic N) is 5. The second-order valence-electron chi connectivity index (χ2n) is 7.96. The topological polar surface area (TPSA) is 126 Å². The Hall–Kier alpha value is -3.37. The van der Waals surface area contributed by atoms with E-state index in [1.165, 1.54) is 0 Å². The van der Waals surface area contributed by atoms with E-state index in [0.717, 1.165) is 16.5 Å². The van der Waals surface area contributed by atoms with Crippen molar-refractivity contribution in [2.45, 2.75) is 46.1 Å². The highest BCUT2D eigenvalue weighted by Gasteiger charge is 2.28. The van der Waals surface area contributed by atoms with Crippen LogP contribution in [0, 0.1) is 0 Å². The molecule has 0 bridgehead atoms. The number of nitrogens with two attached hydrogens (primary N) is 1. The molecular weight excluding hydrogens is 424 g/mol. The monoisotopic (exact) mass is 452 g/mol. The van der Waals surface area contributed by atoms with Crippen LogP contribution >= 0.6 is 0 Å². The van der Waals surface area contributed by atoms with Gasteiger partial charge in [0.1, 0.15) is 11.5 Å². The second-order valence-corrected chi connectivity index (χ2v) is 7.96. The number of carbonyl (C=O) groups is 1. The van der Waals surface area contributed by atoms with Gasteiger partial charge in [-0.1, -0.05) is 0 Å². The van der Waals surface area contributed by atoms with Crippen LogP contribution in [0.4, 0.5) is 5.82 Å². The van der Waals surface area contributed by atoms with Crippen LogP contribution in [0.5, 0.6) is 5.88 Å². The van der Waals surface area contributed by atoms with Crippen molar-refractivity contribution < 1.29 is 19.0 Å². The summed E-state index contributed by atoms with van der Waals surface area (Å²) < 4.78 is 16.4. The van der Waals surface area contributed by atoms with Crippen LogP contribution in [0.25, 0.3) is 10.9 Å². The molecule has 0 saturated carbocycles. The van der Waals surface area contributed by atoms with Crippen LogP contribution in [-0.2, 0) is 22.6 Å². The van der Waals surface area contributed by atoms with Crippen molar-refractivity contribution in [3.8, 4) is 5.88 Å². The third-order valence-electron chi connectivity index (χ3n) is 5.67. The van der Waals surface area contributed by atoms with Crippen LogP contribution in [0.1, 0.15) is 54.2 Å². The number of methoxy groups -OCH3 is 1. The molecule has 1 unspecified atom stereocenters. The lowest BCUT2D eigenvalue weighted by atomic mass is 10.0. The highest BCUT2D eigenvalue weighted by molar-refractivity contribution is 5.97. The van der Waals surface area contributed by atoms with Crippen molar-refractivity contribution in [3.63, 3.8) is 0 Å². The van der Waals surface area contributed by atoms with Gasteiger partial charge in [0.2, 0.25) is 5.88 Å². The average molecular weight is 453 g/mol. The first kappa shape index (κ1) is 22.8. The molecule has 1 aliphatic heterocycles. The number of ether oxygens (including phenoxy) is 3. The lowest BCUT2D eigenvalue weighted by Gasteiger charge is -2.28. The molecule has 1 aliphatic rings. The molecule has 33 heavy (non-hydrogen) atoms. The molecule has 3 aromatic rings. The summed E-state index contributed by atoms with van der Waals surface area (Å²) in [5.74, 6) is 0.639. The summed E-state index contributed by atoms with van der Waals surface area (Å²) in [6, 6.07) is 5.08. The zero-order chi connectivity index (χ0) is 23.5. The molecule has 1 amide bonds. The molecule has 10 nitrogen and oxygen atoms in total. The number of hydrogen-bond acceptors (Lipinski definition) is 9. The molecule has 4 heterocycles. The zero-order valence-electron chi connectivity index (χ0n) is 19.2. The van der Waals surface area contributed by atoms with Crippen molar-refractivity contribution in [1.29, 1.82) is 0 Å². The molecule has 0 spiro atoms. The number of aromatic nitrogens is 4. The van der Waals surface area contributed by atoms with Gasteiger partial charge in [-0.15, -0.1) is 5.10 Å². The van der Waals surface area contributed by atoms with Crippen LogP contribution in [0.2, 0.25) is 0 Å². The molecule has 10 heteroatoms.